The van der Waals surface area contributed by atoms with Crippen LogP contribution in [0, 0.1) is 0 Å². The van der Waals surface area contributed by atoms with E-state index in [0.29, 0.717) is 11.7 Å². The quantitative estimate of drug-likeness (QED) is 0.847. The van der Waals surface area contributed by atoms with Crippen molar-refractivity contribution in [3.63, 3.8) is 0 Å². The molecule has 0 radical (unpaired) electrons. The molecule has 2 N–H and O–H groups in total. The number of hydrogen-bond acceptors (Lipinski definition) is 3. The van der Waals surface area contributed by atoms with E-state index in [-0.39, 0.29) is 5.75 Å². The van der Waals surface area contributed by atoms with Crippen molar-refractivity contribution in [1.29, 1.82) is 0 Å². The van der Waals surface area contributed by atoms with E-state index in [1.165, 1.54) is 0 Å². The van der Waals surface area contributed by atoms with Crippen molar-refractivity contribution in [3.8, 4) is 5.75 Å². The first-order valence-electron chi connectivity index (χ1n) is 4.98. The van der Waals surface area contributed by atoms with Crippen LogP contribution in [0.3, 0.4) is 0 Å². The SMILES string of the molecule is Oc1cccc(CNc2cc(Br)cnc2Cl)c1. The van der Waals surface area contributed by atoms with Gasteiger partial charge in [-0.2, -0.15) is 0 Å². The lowest BCUT2D eigenvalue weighted by atomic mass is 10.2. The van der Waals surface area contributed by atoms with Crippen molar-refractivity contribution in [1.82, 2.24) is 4.98 Å². The Kier molecular flexibility index (Phi) is 3.86. The molecule has 0 saturated heterocycles. The smallest absolute Gasteiger partial charge is 0.152 e. The molecule has 17 heavy (non-hydrogen) atoms. The van der Waals surface area contributed by atoms with Crippen LogP contribution in [-0.4, -0.2) is 10.1 Å². The van der Waals surface area contributed by atoms with Crippen LogP contribution in [0.5, 0.6) is 5.75 Å². The number of hydrogen-bond donors (Lipinski definition) is 2. The van der Waals surface area contributed by atoms with Crippen molar-refractivity contribution in [2.45, 2.75) is 6.54 Å². The summed E-state index contributed by atoms with van der Waals surface area (Å²) in [7, 11) is 0. The number of pyridine rings is 1. The van der Waals surface area contributed by atoms with Gasteiger partial charge in [0.1, 0.15) is 5.75 Å². The fourth-order valence-electron chi connectivity index (χ4n) is 1.41. The molecule has 0 aliphatic rings. The van der Waals surface area contributed by atoms with E-state index in [9.17, 15) is 5.11 Å². The van der Waals surface area contributed by atoms with Crippen LogP contribution in [0.2, 0.25) is 5.15 Å². The van der Waals surface area contributed by atoms with E-state index in [4.69, 9.17) is 11.6 Å². The molecule has 0 aliphatic carbocycles. The van der Waals surface area contributed by atoms with Crippen LogP contribution < -0.4 is 5.32 Å². The topological polar surface area (TPSA) is 45.1 Å². The number of aromatic hydroxyl groups is 1. The molecule has 2 rings (SSSR count). The third-order valence-corrected chi connectivity index (χ3v) is 2.93. The number of phenolic OH excluding ortho intramolecular Hbond substituents is 1. The molecule has 0 fully saturated rings. The van der Waals surface area contributed by atoms with Gasteiger partial charge in [-0.05, 0) is 39.7 Å². The van der Waals surface area contributed by atoms with Gasteiger partial charge in [0, 0.05) is 17.2 Å². The summed E-state index contributed by atoms with van der Waals surface area (Å²) in [6.07, 6.45) is 1.64. The Balaban J connectivity index is 2.09. The molecule has 0 saturated carbocycles. The predicted molar refractivity (Wildman–Crippen MR) is 72.4 cm³/mol. The van der Waals surface area contributed by atoms with Gasteiger partial charge in [-0.15, -0.1) is 0 Å². The predicted octanol–water partition coefficient (Wildman–Crippen LogP) is 3.82. The molecule has 3 nitrogen and oxygen atoms in total. The van der Waals surface area contributed by atoms with Gasteiger partial charge in [-0.1, -0.05) is 23.7 Å². The maximum atomic E-state index is 9.34. The number of nitrogens with one attached hydrogen (secondary N) is 1. The van der Waals surface area contributed by atoms with E-state index in [1.807, 2.05) is 12.1 Å². The highest BCUT2D eigenvalue weighted by Crippen LogP contribution is 2.23. The van der Waals surface area contributed by atoms with Crippen molar-refractivity contribution >= 4 is 33.2 Å². The highest BCUT2D eigenvalue weighted by Gasteiger charge is 2.02. The van der Waals surface area contributed by atoms with Gasteiger partial charge in [-0.3, -0.25) is 0 Å². The molecule has 1 heterocycles. The molecule has 0 aliphatic heterocycles. The molecule has 88 valence electrons. The Hall–Kier alpha value is -1.26. The molecule has 5 heteroatoms. The summed E-state index contributed by atoms with van der Waals surface area (Å²) in [5, 5.41) is 12.9. The van der Waals surface area contributed by atoms with Gasteiger partial charge in [0.15, 0.2) is 5.15 Å². The minimum absolute atomic E-state index is 0.253. The summed E-state index contributed by atoms with van der Waals surface area (Å²) in [5.41, 5.74) is 1.73. The average molecular weight is 314 g/mol. The first kappa shape index (κ1) is 12.2. The van der Waals surface area contributed by atoms with Crippen molar-refractivity contribution in [2.75, 3.05) is 5.32 Å². The number of nitrogens with zero attached hydrogens (tertiary/aromatic N) is 1. The van der Waals surface area contributed by atoms with Gasteiger partial charge in [0.2, 0.25) is 0 Å². The number of aromatic nitrogens is 1. The maximum Gasteiger partial charge on any atom is 0.152 e. The molecule has 0 spiro atoms. The largest absolute Gasteiger partial charge is 0.508 e. The van der Waals surface area contributed by atoms with Crippen LogP contribution in [0.15, 0.2) is 41.0 Å². The Morgan fingerprint density at radius 3 is 2.94 bits per heavy atom. The summed E-state index contributed by atoms with van der Waals surface area (Å²) >= 11 is 9.28. The summed E-state index contributed by atoms with van der Waals surface area (Å²) in [6.45, 7) is 0.576. The Morgan fingerprint density at radius 2 is 2.18 bits per heavy atom. The summed E-state index contributed by atoms with van der Waals surface area (Å²) < 4.78 is 0.861. The highest BCUT2D eigenvalue weighted by molar-refractivity contribution is 9.10. The van der Waals surface area contributed by atoms with Gasteiger partial charge in [0.25, 0.3) is 0 Å². The van der Waals surface area contributed by atoms with E-state index in [2.05, 4.69) is 26.2 Å². The third kappa shape index (κ3) is 3.35. The van der Waals surface area contributed by atoms with Gasteiger partial charge in [0.05, 0.1) is 5.69 Å². The minimum Gasteiger partial charge on any atom is -0.508 e. The normalized spacial score (nSPS) is 10.2. The summed E-state index contributed by atoms with van der Waals surface area (Å²) in [4.78, 5) is 4.02. The molecular weight excluding hydrogens is 304 g/mol. The Labute approximate surface area is 113 Å². The zero-order valence-electron chi connectivity index (χ0n) is 8.82. The zero-order chi connectivity index (χ0) is 12.3. The van der Waals surface area contributed by atoms with Gasteiger partial charge in [-0.25, -0.2) is 4.98 Å². The molecule has 0 unspecified atom stereocenters. The maximum absolute atomic E-state index is 9.34. The second-order valence-electron chi connectivity index (χ2n) is 3.52. The lowest BCUT2D eigenvalue weighted by Gasteiger charge is -2.08. The lowest BCUT2D eigenvalue weighted by Crippen LogP contribution is -2.00. The second-order valence-corrected chi connectivity index (χ2v) is 4.79. The van der Waals surface area contributed by atoms with Crippen molar-refractivity contribution < 1.29 is 5.11 Å². The number of phenols is 1. The second kappa shape index (κ2) is 5.38. The van der Waals surface area contributed by atoms with E-state index >= 15 is 0 Å². The Morgan fingerprint density at radius 1 is 1.35 bits per heavy atom. The number of benzene rings is 1. The molecule has 2 aromatic rings. The van der Waals surface area contributed by atoms with Crippen LogP contribution in [-0.2, 0) is 6.54 Å². The first-order chi connectivity index (χ1) is 8.15. The third-order valence-electron chi connectivity index (χ3n) is 2.20. The highest BCUT2D eigenvalue weighted by atomic mass is 79.9. The molecule has 0 atom stereocenters. The molecule has 0 amide bonds. The van der Waals surface area contributed by atoms with E-state index in [1.54, 1.807) is 24.4 Å². The molecule has 1 aromatic carbocycles. The molecule has 1 aromatic heterocycles. The van der Waals surface area contributed by atoms with E-state index < -0.39 is 0 Å². The van der Waals surface area contributed by atoms with E-state index in [0.717, 1.165) is 15.7 Å². The van der Waals surface area contributed by atoms with Crippen LogP contribution in [0.1, 0.15) is 5.56 Å². The fraction of sp³-hybridized carbons (Fsp3) is 0.0833. The van der Waals surface area contributed by atoms with Gasteiger partial charge < -0.3 is 10.4 Å². The van der Waals surface area contributed by atoms with Crippen LogP contribution >= 0.6 is 27.5 Å². The number of rotatable bonds is 3. The van der Waals surface area contributed by atoms with Crippen molar-refractivity contribution in [3.05, 3.63) is 51.7 Å². The van der Waals surface area contributed by atoms with Gasteiger partial charge >= 0.3 is 0 Å². The van der Waals surface area contributed by atoms with Crippen LogP contribution in [0.4, 0.5) is 5.69 Å². The summed E-state index contributed by atoms with van der Waals surface area (Å²) in [6, 6.07) is 8.92. The molecular formula is C12H10BrClN2O. The van der Waals surface area contributed by atoms with Crippen LogP contribution in [0.25, 0.3) is 0 Å². The standard InChI is InChI=1S/C12H10BrClN2O/c13-9-5-11(12(14)16-7-9)15-6-8-2-1-3-10(17)4-8/h1-5,7,15,17H,6H2. The molecule has 0 bridgehead atoms. The first-order valence-corrected chi connectivity index (χ1v) is 6.15. The fourth-order valence-corrected chi connectivity index (χ4v) is 1.91. The minimum atomic E-state index is 0.253. The van der Waals surface area contributed by atoms with Crippen molar-refractivity contribution in [2.24, 2.45) is 0 Å². The number of anilines is 1. The Bertz CT molecular complexity index is 534. The summed E-state index contributed by atoms with van der Waals surface area (Å²) in [5.74, 6) is 0.253. The zero-order valence-corrected chi connectivity index (χ0v) is 11.2. The average Bonchev–Trinajstić information content (AvgIpc) is 2.30. The number of halogens is 2. The lowest BCUT2D eigenvalue weighted by molar-refractivity contribution is 0.474. The monoisotopic (exact) mass is 312 g/mol.